The summed E-state index contributed by atoms with van der Waals surface area (Å²) in [4.78, 5) is 17.4. The molecule has 0 bridgehead atoms. The minimum atomic E-state index is -1.02. The number of nitrogens with one attached hydrogen (secondary N) is 1. The Morgan fingerprint density at radius 2 is 1.88 bits per heavy atom. The van der Waals surface area contributed by atoms with Gasteiger partial charge in [0.15, 0.2) is 17.3 Å². The van der Waals surface area contributed by atoms with Gasteiger partial charge >= 0.3 is 0 Å². The zero-order valence-electron chi connectivity index (χ0n) is 20.7. The van der Waals surface area contributed by atoms with Crippen LogP contribution in [0.4, 0.5) is 0 Å². The predicted molar refractivity (Wildman–Crippen MR) is 137 cm³/mol. The van der Waals surface area contributed by atoms with E-state index in [1.165, 1.54) is 4.68 Å². The van der Waals surface area contributed by atoms with E-state index in [2.05, 4.69) is 63.0 Å². The fraction of sp³-hybridized carbons (Fsp3) is 0.385. The van der Waals surface area contributed by atoms with E-state index >= 15 is 0 Å². The Kier molecular flexibility index (Phi) is 7.63. The quantitative estimate of drug-likeness (QED) is 0.439. The Bertz CT molecular complexity index is 1170. The molecular weight excluding hydrogens is 430 g/mol. The number of aromatic amines is 1. The highest BCUT2D eigenvalue weighted by molar-refractivity contribution is 6.49. The van der Waals surface area contributed by atoms with Gasteiger partial charge in [-0.15, -0.1) is 0 Å². The van der Waals surface area contributed by atoms with Crippen molar-refractivity contribution >= 4 is 21.2 Å². The maximum Gasteiger partial charge on any atom is 0.276 e. The molecule has 6 nitrogen and oxygen atoms in total. The van der Waals surface area contributed by atoms with Gasteiger partial charge in [-0.1, -0.05) is 52.3 Å². The van der Waals surface area contributed by atoms with Crippen molar-refractivity contribution in [3.05, 3.63) is 69.3 Å². The lowest BCUT2D eigenvalue weighted by Crippen LogP contribution is -2.18. The van der Waals surface area contributed by atoms with E-state index in [1.807, 2.05) is 30.4 Å². The average Bonchev–Trinajstić information content (AvgIpc) is 3.08. The summed E-state index contributed by atoms with van der Waals surface area (Å²) in [7, 11) is 0.664. The van der Waals surface area contributed by atoms with Crippen molar-refractivity contribution in [1.29, 1.82) is 0 Å². The highest BCUT2D eigenvalue weighted by atomic mass is 28.3. The molecule has 0 atom stereocenters. The summed E-state index contributed by atoms with van der Waals surface area (Å²) in [6.45, 7) is 12.8. The van der Waals surface area contributed by atoms with Crippen LogP contribution in [0.1, 0.15) is 56.5 Å². The second-order valence-corrected chi connectivity index (χ2v) is 11.3. The van der Waals surface area contributed by atoms with Gasteiger partial charge in [-0.3, -0.25) is 9.89 Å². The summed E-state index contributed by atoms with van der Waals surface area (Å²) in [6.07, 6.45) is 7.17. The molecular formula is C26H34N3O3Si. The van der Waals surface area contributed by atoms with E-state index in [1.54, 1.807) is 13.3 Å². The lowest BCUT2D eigenvalue weighted by atomic mass is 9.85. The van der Waals surface area contributed by atoms with Crippen LogP contribution >= 0.6 is 0 Å². The van der Waals surface area contributed by atoms with E-state index in [9.17, 15) is 4.79 Å². The first kappa shape index (κ1) is 24.6. The lowest BCUT2D eigenvalue weighted by Gasteiger charge is -2.25. The van der Waals surface area contributed by atoms with Crippen molar-refractivity contribution in [2.24, 2.45) is 0 Å². The molecule has 3 rings (SSSR count). The zero-order valence-corrected chi connectivity index (χ0v) is 21.7. The molecule has 0 amide bonds. The van der Waals surface area contributed by atoms with Gasteiger partial charge in [0.05, 0.1) is 12.8 Å². The summed E-state index contributed by atoms with van der Waals surface area (Å²) in [5, 5.41) is 3.24. The third-order valence-electron chi connectivity index (χ3n) is 5.29. The molecule has 0 fully saturated rings. The van der Waals surface area contributed by atoms with Gasteiger partial charge in [-0.2, -0.15) is 0 Å². The molecule has 7 heteroatoms. The number of methoxy groups -OCH3 is 1. The van der Waals surface area contributed by atoms with Gasteiger partial charge in [-0.05, 0) is 49.2 Å². The smallest absolute Gasteiger partial charge is 0.276 e. The van der Waals surface area contributed by atoms with Crippen molar-refractivity contribution in [1.82, 2.24) is 14.8 Å². The van der Waals surface area contributed by atoms with Crippen LogP contribution in [0.15, 0.2) is 41.3 Å². The summed E-state index contributed by atoms with van der Waals surface area (Å²) in [6, 6.07) is 9.67. The van der Waals surface area contributed by atoms with E-state index in [0.29, 0.717) is 12.2 Å². The molecule has 1 N–H and O–H groups in total. The van der Waals surface area contributed by atoms with E-state index in [-0.39, 0.29) is 11.0 Å². The van der Waals surface area contributed by atoms with E-state index in [4.69, 9.17) is 9.16 Å². The standard InChI is InChI=1S/C26H34N3O3Si/c1-8-11-19-21(28-29(25(19)30)22-12-9-10-17-27-22)16-14-18-13-15-20(26(2,3)4)24(31-5)23(18)32-33(6)7/h9-10,12-17,28H,8,11H2,1-7H3. The topological polar surface area (TPSA) is 69.1 Å². The third kappa shape index (κ3) is 5.47. The molecule has 33 heavy (non-hydrogen) atoms. The van der Waals surface area contributed by atoms with E-state index < -0.39 is 9.04 Å². The van der Waals surface area contributed by atoms with Crippen molar-refractivity contribution in [3.8, 4) is 17.3 Å². The molecule has 175 valence electrons. The van der Waals surface area contributed by atoms with Crippen LogP contribution in [0.5, 0.6) is 11.5 Å². The second kappa shape index (κ2) is 10.3. The van der Waals surface area contributed by atoms with Crippen molar-refractivity contribution in [2.45, 2.75) is 59.0 Å². The van der Waals surface area contributed by atoms with Crippen LogP contribution in [0.25, 0.3) is 18.0 Å². The van der Waals surface area contributed by atoms with Crippen molar-refractivity contribution < 1.29 is 9.16 Å². The van der Waals surface area contributed by atoms with Crippen molar-refractivity contribution in [3.63, 3.8) is 0 Å². The molecule has 1 radical (unpaired) electrons. The molecule has 2 aromatic heterocycles. The summed E-state index contributed by atoms with van der Waals surface area (Å²) < 4.78 is 13.6. The highest BCUT2D eigenvalue weighted by Crippen LogP contribution is 2.41. The lowest BCUT2D eigenvalue weighted by molar-refractivity contribution is 0.378. The van der Waals surface area contributed by atoms with Gasteiger partial charge in [0.2, 0.25) is 0 Å². The fourth-order valence-electron chi connectivity index (χ4n) is 3.75. The Hall–Kier alpha value is -3.06. The van der Waals surface area contributed by atoms with Crippen LogP contribution in [0.3, 0.4) is 0 Å². The maximum atomic E-state index is 13.1. The zero-order chi connectivity index (χ0) is 24.2. The number of H-pyrrole nitrogens is 1. The molecule has 0 saturated carbocycles. The van der Waals surface area contributed by atoms with Gasteiger partial charge in [0.25, 0.3) is 14.6 Å². The second-order valence-electron chi connectivity index (χ2n) is 9.24. The number of nitrogens with zero attached hydrogens (tertiary/aromatic N) is 2. The van der Waals surface area contributed by atoms with Gasteiger partial charge < -0.3 is 9.16 Å². The third-order valence-corrected chi connectivity index (χ3v) is 5.90. The summed E-state index contributed by atoms with van der Waals surface area (Å²) in [5.74, 6) is 2.09. The molecule has 1 aromatic carbocycles. The van der Waals surface area contributed by atoms with Crippen LogP contribution in [0.2, 0.25) is 13.1 Å². The monoisotopic (exact) mass is 464 g/mol. The van der Waals surface area contributed by atoms with Gasteiger partial charge in [0, 0.05) is 22.9 Å². The molecule has 0 aliphatic rings. The van der Waals surface area contributed by atoms with Crippen molar-refractivity contribution in [2.75, 3.05) is 7.11 Å². The summed E-state index contributed by atoms with van der Waals surface area (Å²) in [5.41, 5.74) is 3.38. The Morgan fingerprint density at radius 1 is 1.12 bits per heavy atom. The molecule has 0 aliphatic heterocycles. The largest absolute Gasteiger partial charge is 0.540 e. The normalized spacial score (nSPS) is 12.0. The molecule has 0 spiro atoms. The minimum absolute atomic E-state index is 0.0695. The SMILES string of the molecule is CCCc1c(C=Cc2ccc(C(C)(C)C)c(OC)c2O[Si](C)C)[nH]n(-c2ccccn2)c1=O. The van der Waals surface area contributed by atoms with E-state index in [0.717, 1.165) is 40.3 Å². The highest BCUT2D eigenvalue weighted by Gasteiger charge is 2.24. The predicted octanol–water partition coefficient (Wildman–Crippen LogP) is 5.62. The van der Waals surface area contributed by atoms with Gasteiger partial charge in [-0.25, -0.2) is 9.67 Å². The Labute approximate surface area is 198 Å². The maximum absolute atomic E-state index is 13.1. The Balaban J connectivity index is 2.12. The Morgan fingerprint density at radius 3 is 2.45 bits per heavy atom. The molecule has 0 saturated heterocycles. The van der Waals surface area contributed by atoms with Gasteiger partial charge in [0.1, 0.15) is 0 Å². The minimum Gasteiger partial charge on any atom is -0.540 e. The van der Waals surface area contributed by atoms with Crippen LogP contribution in [0, 0.1) is 0 Å². The molecule has 0 unspecified atom stereocenters. The first-order valence-corrected chi connectivity index (χ1v) is 13.7. The number of pyridine rings is 1. The molecule has 3 aromatic rings. The number of rotatable bonds is 8. The number of hydrogen-bond donors (Lipinski definition) is 1. The number of hydrogen-bond acceptors (Lipinski definition) is 4. The average molecular weight is 465 g/mol. The summed E-state index contributed by atoms with van der Waals surface area (Å²) >= 11 is 0. The molecule has 2 heterocycles. The van der Waals surface area contributed by atoms with Crippen LogP contribution in [-0.4, -0.2) is 30.9 Å². The number of aromatic nitrogens is 3. The fourth-order valence-corrected chi connectivity index (χ4v) is 4.37. The first-order valence-electron chi connectivity index (χ1n) is 11.3. The molecule has 0 aliphatic carbocycles. The number of benzene rings is 1. The van der Waals surface area contributed by atoms with Crippen LogP contribution in [-0.2, 0) is 11.8 Å². The first-order chi connectivity index (χ1) is 15.7. The number of ether oxygens (including phenoxy) is 1. The van der Waals surface area contributed by atoms with Crippen LogP contribution < -0.4 is 14.7 Å².